The minimum absolute atomic E-state index is 0.125. The van der Waals surface area contributed by atoms with E-state index >= 15 is 0 Å². The topological polar surface area (TPSA) is 106 Å². The van der Waals surface area contributed by atoms with E-state index < -0.39 is 0 Å². The molecule has 8 nitrogen and oxygen atoms in total. The van der Waals surface area contributed by atoms with Gasteiger partial charge in [0.2, 0.25) is 12.7 Å². The standard InChI is InChI=1S/C9H5N5O3/c10-14-13-9-12-11-8(17-9)5-1-2-6-7(3-5)16-4-15-6/h1-3H,4H2. The fourth-order valence-corrected chi connectivity index (χ4v) is 1.44. The molecule has 0 aliphatic carbocycles. The van der Waals surface area contributed by atoms with Gasteiger partial charge in [-0.15, -0.1) is 10.2 Å². The minimum atomic E-state index is -0.125. The van der Waals surface area contributed by atoms with Crippen LogP contribution in [0.15, 0.2) is 27.7 Å². The molecule has 0 saturated heterocycles. The molecular weight excluding hydrogens is 226 g/mol. The normalized spacial score (nSPS) is 12.2. The van der Waals surface area contributed by atoms with Crippen LogP contribution in [0.2, 0.25) is 0 Å². The first-order chi connectivity index (χ1) is 8.36. The van der Waals surface area contributed by atoms with Gasteiger partial charge in [-0.3, -0.25) is 0 Å². The number of ether oxygens (including phenoxy) is 2. The van der Waals surface area contributed by atoms with Gasteiger partial charge in [0.1, 0.15) is 0 Å². The third-order valence-electron chi connectivity index (χ3n) is 2.16. The highest BCUT2D eigenvalue weighted by Gasteiger charge is 2.16. The Labute approximate surface area is 94.4 Å². The van der Waals surface area contributed by atoms with Gasteiger partial charge in [-0.05, 0) is 23.7 Å². The molecule has 17 heavy (non-hydrogen) atoms. The van der Waals surface area contributed by atoms with E-state index in [4.69, 9.17) is 19.4 Å². The molecular formula is C9H5N5O3. The van der Waals surface area contributed by atoms with Crippen LogP contribution in [0.5, 0.6) is 11.5 Å². The van der Waals surface area contributed by atoms with E-state index in [1.54, 1.807) is 18.2 Å². The lowest BCUT2D eigenvalue weighted by atomic mass is 10.2. The molecule has 1 aliphatic heterocycles. The SMILES string of the molecule is [N-]=[N+]=Nc1nnc(-c2ccc3c(c2)OCO3)o1. The minimum Gasteiger partial charge on any atom is -0.454 e. The summed E-state index contributed by atoms with van der Waals surface area (Å²) in [5, 5.41) is 10.5. The van der Waals surface area contributed by atoms with Crippen LogP contribution < -0.4 is 9.47 Å². The largest absolute Gasteiger partial charge is 0.454 e. The van der Waals surface area contributed by atoms with Crippen molar-refractivity contribution >= 4 is 6.01 Å². The predicted molar refractivity (Wildman–Crippen MR) is 54.7 cm³/mol. The van der Waals surface area contributed by atoms with E-state index in [-0.39, 0.29) is 18.7 Å². The van der Waals surface area contributed by atoms with Crippen molar-refractivity contribution in [2.75, 3.05) is 6.79 Å². The van der Waals surface area contributed by atoms with Crippen LogP contribution in [0.1, 0.15) is 0 Å². The van der Waals surface area contributed by atoms with Crippen molar-refractivity contribution in [3.8, 4) is 23.0 Å². The van der Waals surface area contributed by atoms with Gasteiger partial charge >= 0.3 is 6.01 Å². The van der Waals surface area contributed by atoms with E-state index in [9.17, 15) is 0 Å². The Morgan fingerprint density at radius 1 is 1.24 bits per heavy atom. The van der Waals surface area contributed by atoms with Gasteiger partial charge in [0.15, 0.2) is 11.5 Å². The van der Waals surface area contributed by atoms with Crippen LogP contribution in [0.4, 0.5) is 6.01 Å². The van der Waals surface area contributed by atoms with Gasteiger partial charge in [-0.1, -0.05) is 0 Å². The van der Waals surface area contributed by atoms with Crippen LogP contribution in [0, 0.1) is 0 Å². The van der Waals surface area contributed by atoms with Gasteiger partial charge in [0.05, 0.1) is 0 Å². The smallest absolute Gasteiger partial charge is 0.304 e. The van der Waals surface area contributed by atoms with Crippen molar-refractivity contribution < 1.29 is 13.9 Å². The second kappa shape index (κ2) is 3.69. The Morgan fingerprint density at radius 3 is 3.00 bits per heavy atom. The molecule has 2 aromatic rings. The molecule has 0 saturated carbocycles. The number of benzene rings is 1. The molecule has 2 heterocycles. The Balaban J connectivity index is 2.00. The summed E-state index contributed by atoms with van der Waals surface area (Å²) in [5.74, 6) is 1.54. The summed E-state index contributed by atoms with van der Waals surface area (Å²) in [7, 11) is 0. The fraction of sp³-hybridized carbons (Fsp3) is 0.111. The monoisotopic (exact) mass is 231 g/mol. The highest BCUT2D eigenvalue weighted by molar-refractivity contribution is 5.60. The van der Waals surface area contributed by atoms with Crippen LogP contribution >= 0.6 is 0 Å². The van der Waals surface area contributed by atoms with Crippen LogP contribution in [0.3, 0.4) is 0 Å². The van der Waals surface area contributed by atoms with Crippen molar-refractivity contribution in [1.29, 1.82) is 0 Å². The van der Waals surface area contributed by atoms with Crippen molar-refractivity contribution in [2.45, 2.75) is 0 Å². The highest BCUT2D eigenvalue weighted by atomic mass is 16.7. The zero-order valence-corrected chi connectivity index (χ0v) is 8.40. The molecule has 0 bridgehead atoms. The number of azide groups is 1. The van der Waals surface area contributed by atoms with Gasteiger partial charge < -0.3 is 13.9 Å². The third kappa shape index (κ3) is 1.62. The molecule has 0 unspecified atom stereocenters. The summed E-state index contributed by atoms with van der Waals surface area (Å²) in [6, 6.07) is 5.09. The Morgan fingerprint density at radius 2 is 2.12 bits per heavy atom. The lowest BCUT2D eigenvalue weighted by Crippen LogP contribution is -1.92. The van der Waals surface area contributed by atoms with E-state index in [1.807, 2.05) is 0 Å². The van der Waals surface area contributed by atoms with Gasteiger partial charge in [0.25, 0.3) is 0 Å². The number of nitrogens with zero attached hydrogens (tertiary/aromatic N) is 5. The number of rotatable bonds is 2. The van der Waals surface area contributed by atoms with E-state index in [2.05, 4.69) is 20.2 Å². The zero-order chi connectivity index (χ0) is 11.7. The Bertz CT molecular complexity index is 617. The molecule has 0 fully saturated rings. The summed E-state index contributed by atoms with van der Waals surface area (Å²) in [6.07, 6.45) is 0. The highest BCUT2D eigenvalue weighted by Crippen LogP contribution is 2.35. The Kier molecular flexibility index (Phi) is 2.06. The molecule has 0 radical (unpaired) electrons. The lowest BCUT2D eigenvalue weighted by molar-refractivity contribution is 0.174. The number of fused-ring (bicyclic) bond motifs is 1. The molecule has 1 aliphatic rings. The second-order valence-electron chi connectivity index (χ2n) is 3.15. The molecule has 8 heteroatoms. The van der Waals surface area contributed by atoms with E-state index in [0.29, 0.717) is 17.1 Å². The summed E-state index contributed by atoms with van der Waals surface area (Å²) < 4.78 is 15.5. The van der Waals surface area contributed by atoms with Crippen molar-refractivity contribution in [3.63, 3.8) is 0 Å². The average Bonchev–Trinajstić information content (AvgIpc) is 2.96. The van der Waals surface area contributed by atoms with E-state index in [1.165, 1.54) is 0 Å². The molecule has 3 rings (SSSR count). The van der Waals surface area contributed by atoms with Crippen molar-refractivity contribution in [3.05, 3.63) is 28.6 Å². The van der Waals surface area contributed by atoms with Gasteiger partial charge in [-0.25, -0.2) is 0 Å². The average molecular weight is 231 g/mol. The molecule has 0 amide bonds. The molecule has 0 atom stereocenters. The molecule has 0 N–H and O–H groups in total. The van der Waals surface area contributed by atoms with Crippen molar-refractivity contribution in [2.24, 2.45) is 5.11 Å². The lowest BCUT2D eigenvalue weighted by Gasteiger charge is -1.97. The third-order valence-corrected chi connectivity index (χ3v) is 2.16. The van der Waals surface area contributed by atoms with Crippen LogP contribution in [-0.4, -0.2) is 17.0 Å². The maximum atomic E-state index is 8.22. The maximum Gasteiger partial charge on any atom is 0.304 e. The predicted octanol–water partition coefficient (Wildman–Crippen LogP) is 2.41. The number of aromatic nitrogens is 2. The van der Waals surface area contributed by atoms with E-state index in [0.717, 1.165) is 0 Å². The second-order valence-corrected chi connectivity index (χ2v) is 3.15. The quantitative estimate of drug-likeness (QED) is 0.448. The maximum absolute atomic E-state index is 8.22. The molecule has 84 valence electrons. The number of hydrogen-bond acceptors (Lipinski definition) is 6. The summed E-state index contributed by atoms with van der Waals surface area (Å²) in [5.41, 5.74) is 8.89. The van der Waals surface area contributed by atoms with Gasteiger partial charge in [-0.2, -0.15) is 0 Å². The van der Waals surface area contributed by atoms with Crippen molar-refractivity contribution in [1.82, 2.24) is 10.2 Å². The van der Waals surface area contributed by atoms with Gasteiger partial charge in [0, 0.05) is 15.6 Å². The summed E-state index contributed by atoms with van der Waals surface area (Å²) in [6.45, 7) is 0.201. The molecule has 1 aromatic heterocycles. The number of hydrogen-bond donors (Lipinski definition) is 0. The zero-order valence-electron chi connectivity index (χ0n) is 8.40. The Hall–Kier alpha value is -2.73. The molecule has 0 spiro atoms. The van der Waals surface area contributed by atoms with Crippen LogP contribution in [-0.2, 0) is 0 Å². The summed E-state index contributed by atoms with van der Waals surface area (Å²) >= 11 is 0. The summed E-state index contributed by atoms with van der Waals surface area (Å²) in [4.78, 5) is 2.55. The first kappa shape index (κ1) is 9.49. The first-order valence-electron chi connectivity index (χ1n) is 4.65. The fourth-order valence-electron chi connectivity index (χ4n) is 1.44. The molecule has 1 aromatic carbocycles. The first-order valence-corrected chi connectivity index (χ1v) is 4.65. The van der Waals surface area contributed by atoms with Crippen LogP contribution in [0.25, 0.3) is 21.9 Å².